The third kappa shape index (κ3) is 3.04. The Morgan fingerprint density at radius 2 is 2.42 bits per heavy atom. The van der Waals surface area contributed by atoms with E-state index in [1.54, 1.807) is 18.3 Å². The molecule has 1 aromatic heterocycles. The Morgan fingerprint density at radius 1 is 1.63 bits per heavy atom. The van der Waals surface area contributed by atoms with Gasteiger partial charge >= 0.3 is 5.97 Å². The molecule has 1 saturated heterocycles. The smallest absolute Gasteiger partial charge is 0.338 e. The first kappa shape index (κ1) is 13.8. The summed E-state index contributed by atoms with van der Waals surface area (Å²) in [6, 6.07) is 3.74. The summed E-state index contributed by atoms with van der Waals surface area (Å²) >= 11 is 0. The second-order valence-corrected chi connectivity index (χ2v) is 5.11. The summed E-state index contributed by atoms with van der Waals surface area (Å²) < 4.78 is 4.74. The number of carbonyl (C=O) groups is 1. The average molecular weight is 263 g/mol. The highest BCUT2D eigenvalue weighted by atomic mass is 16.5. The average Bonchev–Trinajstić information content (AvgIpc) is 2.46. The van der Waals surface area contributed by atoms with Gasteiger partial charge in [0.05, 0.1) is 12.7 Å². The molecule has 0 aliphatic carbocycles. The highest BCUT2D eigenvalue weighted by Crippen LogP contribution is 2.26. The second-order valence-electron chi connectivity index (χ2n) is 5.11. The van der Waals surface area contributed by atoms with Gasteiger partial charge in [-0.05, 0) is 30.9 Å². The number of esters is 1. The van der Waals surface area contributed by atoms with Crippen molar-refractivity contribution in [3.8, 4) is 0 Å². The van der Waals surface area contributed by atoms with E-state index < -0.39 is 0 Å². The van der Waals surface area contributed by atoms with Gasteiger partial charge in [-0.1, -0.05) is 6.92 Å². The van der Waals surface area contributed by atoms with E-state index in [0.717, 1.165) is 25.2 Å². The molecule has 1 aliphatic rings. The summed E-state index contributed by atoms with van der Waals surface area (Å²) in [4.78, 5) is 18.1. The minimum Gasteiger partial charge on any atom is -0.465 e. The van der Waals surface area contributed by atoms with E-state index >= 15 is 0 Å². The van der Waals surface area contributed by atoms with Crippen molar-refractivity contribution in [1.29, 1.82) is 0 Å². The molecule has 1 aromatic rings. The monoisotopic (exact) mass is 263 g/mol. The largest absolute Gasteiger partial charge is 0.465 e. The second kappa shape index (κ2) is 6.02. The molecule has 0 saturated carbocycles. The minimum absolute atomic E-state index is 0.296. The summed E-state index contributed by atoms with van der Waals surface area (Å²) in [6.45, 7) is 3.79. The number of anilines is 1. The van der Waals surface area contributed by atoms with Crippen LogP contribution >= 0.6 is 0 Å². The van der Waals surface area contributed by atoms with Crippen molar-refractivity contribution in [2.24, 2.45) is 11.7 Å². The van der Waals surface area contributed by atoms with Gasteiger partial charge in [-0.3, -0.25) is 0 Å². The summed E-state index contributed by atoms with van der Waals surface area (Å²) in [7, 11) is 1.38. The molecular weight excluding hydrogens is 242 g/mol. The van der Waals surface area contributed by atoms with E-state index in [4.69, 9.17) is 10.5 Å². The molecule has 0 bridgehead atoms. The summed E-state index contributed by atoms with van der Waals surface area (Å²) in [6.07, 6.45) is 3.84. The fourth-order valence-electron chi connectivity index (χ4n) is 2.60. The Labute approximate surface area is 113 Å². The number of piperidine rings is 1. The topological polar surface area (TPSA) is 68.5 Å². The van der Waals surface area contributed by atoms with Gasteiger partial charge in [0.15, 0.2) is 0 Å². The zero-order chi connectivity index (χ0) is 13.8. The van der Waals surface area contributed by atoms with Crippen LogP contribution in [0.1, 0.15) is 30.1 Å². The number of aromatic nitrogens is 1. The molecule has 2 unspecified atom stereocenters. The van der Waals surface area contributed by atoms with Crippen molar-refractivity contribution in [3.63, 3.8) is 0 Å². The number of ether oxygens (including phenoxy) is 1. The van der Waals surface area contributed by atoms with Crippen molar-refractivity contribution in [2.75, 3.05) is 25.1 Å². The van der Waals surface area contributed by atoms with E-state index in [1.165, 1.54) is 7.11 Å². The number of nitrogens with zero attached hydrogens (tertiary/aromatic N) is 2. The standard InChI is InChI=1S/C14H21N3O2/c1-10-4-6-17(12(7-10)9-15)13-8-11(3-5-16-13)14(18)19-2/h3,5,8,10,12H,4,6-7,9,15H2,1-2H3. The zero-order valence-corrected chi connectivity index (χ0v) is 11.5. The highest BCUT2D eigenvalue weighted by Gasteiger charge is 2.26. The molecule has 2 rings (SSSR count). The van der Waals surface area contributed by atoms with Crippen LogP contribution in [0, 0.1) is 5.92 Å². The molecule has 0 spiro atoms. The van der Waals surface area contributed by atoms with Crippen LogP contribution in [0.3, 0.4) is 0 Å². The van der Waals surface area contributed by atoms with Gasteiger partial charge in [-0.15, -0.1) is 0 Å². The van der Waals surface area contributed by atoms with Crippen LogP contribution in [0.2, 0.25) is 0 Å². The quantitative estimate of drug-likeness (QED) is 0.836. The maximum absolute atomic E-state index is 11.6. The van der Waals surface area contributed by atoms with Crippen LogP contribution in [0.5, 0.6) is 0 Å². The van der Waals surface area contributed by atoms with Crippen molar-refractivity contribution in [1.82, 2.24) is 4.98 Å². The molecule has 0 radical (unpaired) electrons. The predicted octanol–water partition coefficient (Wildman–Crippen LogP) is 1.43. The van der Waals surface area contributed by atoms with E-state index in [9.17, 15) is 4.79 Å². The number of methoxy groups -OCH3 is 1. The molecule has 2 N–H and O–H groups in total. The maximum atomic E-state index is 11.6. The van der Waals surface area contributed by atoms with Gasteiger partial charge in [0.1, 0.15) is 5.82 Å². The Bertz CT molecular complexity index is 450. The third-order valence-corrected chi connectivity index (χ3v) is 3.71. The van der Waals surface area contributed by atoms with Crippen LogP contribution in [-0.2, 0) is 4.74 Å². The Kier molecular flexibility index (Phi) is 4.37. The van der Waals surface area contributed by atoms with Crippen LogP contribution in [0.4, 0.5) is 5.82 Å². The Balaban J connectivity index is 2.23. The van der Waals surface area contributed by atoms with Gasteiger partial charge in [-0.25, -0.2) is 9.78 Å². The van der Waals surface area contributed by atoms with Crippen LogP contribution in [0.25, 0.3) is 0 Å². The molecule has 2 heterocycles. The van der Waals surface area contributed by atoms with Crippen molar-refractivity contribution in [3.05, 3.63) is 23.9 Å². The lowest BCUT2D eigenvalue weighted by Crippen LogP contribution is -2.46. The number of carbonyl (C=O) groups excluding carboxylic acids is 1. The van der Waals surface area contributed by atoms with Gasteiger partial charge < -0.3 is 15.4 Å². The lowest BCUT2D eigenvalue weighted by molar-refractivity contribution is 0.0600. The zero-order valence-electron chi connectivity index (χ0n) is 11.5. The molecule has 5 heteroatoms. The SMILES string of the molecule is COC(=O)c1ccnc(N2CCC(C)CC2CN)c1. The van der Waals surface area contributed by atoms with Gasteiger partial charge in [-0.2, -0.15) is 0 Å². The fraction of sp³-hybridized carbons (Fsp3) is 0.571. The predicted molar refractivity (Wildman–Crippen MR) is 74.2 cm³/mol. The van der Waals surface area contributed by atoms with E-state index in [1.807, 2.05) is 0 Å². The molecule has 104 valence electrons. The molecule has 19 heavy (non-hydrogen) atoms. The van der Waals surface area contributed by atoms with Gasteiger partial charge in [0.25, 0.3) is 0 Å². The van der Waals surface area contributed by atoms with Crippen molar-refractivity contribution >= 4 is 11.8 Å². The maximum Gasteiger partial charge on any atom is 0.338 e. The first-order chi connectivity index (χ1) is 9.15. The van der Waals surface area contributed by atoms with Crippen LogP contribution in [-0.4, -0.2) is 37.2 Å². The van der Waals surface area contributed by atoms with Gasteiger partial charge in [0, 0.05) is 25.3 Å². The van der Waals surface area contributed by atoms with E-state index in [0.29, 0.717) is 24.1 Å². The number of nitrogens with two attached hydrogens (primary N) is 1. The van der Waals surface area contributed by atoms with Crippen molar-refractivity contribution in [2.45, 2.75) is 25.8 Å². The molecule has 2 atom stereocenters. The fourth-order valence-corrected chi connectivity index (χ4v) is 2.60. The highest BCUT2D eigenvalue weighted by molar-refractivity contribution is 5.90. The van der Waals surface area contributed by atoms with Crippen LogP contribution < -0.4 is 10.6 Å². The summed E-state index contributed by atoms with van der Waals surface area (Å²) in [5.41, 5.74) is 6.39. The van der Waals surface area contributed by atoms with E-state index in [2.05, 4.69) is 16.8 Å². The minimum atomic E-state index is -0.335. The number of rotatable bonds is 3. The van der Waals surface area contributed by atoms with Crippen molar-refractivity contribution < 1.29 is 9.53 Å². The number of hydrogen-bond acceptors (Lipinski definition) is 5. The van der Waals surface area contributed by atoms with Crippen LogP contribution in [0.15, 0.2) is 18.3 Å². The molecular formula is C14H21N3O2. The molecule has 0 aromatic carbocycles. The normalized spacial score (nSPS) is 23.2. The first-order valence-electron chi connectivity index (χ1n) is 6.66. The Hall–Kier alpha value is -1.62. The number of pyridine rings is 1. The Morgan fingerprint density at radius 3 is 3.11 bits per heavy atom. The lowest BCUT2D eigenvalue weighted by atomic mass is 9.92. The third-order valence-electron chi connectivity index (χ3n) is 3.71. The lowest BCUT2D eigenvalue weighted by Gasteiger charge is -2.38. The molecule has 0 amide bonds. The summed E-state index contributed by atoms with van der Waals surface area (Å²) in [5, 5.41) is 0. The molecule has 5 nitrogen and oxygen atoms in total. The number of hydrogen-bond donors (Lipinski definition) is 1. The summed E-state index contributed by atoms with van der Waals surface area (Å²) in [5.74, 6) is 1.16. The first-order valence-corrected chi connectivity index (χ1v) is 6.66. The van der Waals surface area contributed by atoms with Gasteiger partial charge in [0.2, 0.25) is 0 Å². The molecule has 1 aliphatic heterocycles. The van der Waals surface area contributed by atoms with E-state index in [-0.39, 0.29) is 5.97 Å². The molecule has 1 fully saturated rings.